The van der Waals surface area contributed by atoms with Crippen molar-refractivity contribution in [1.82, 2.24) is 10.3 Å². The largest absolute Gasteiger partial charge is 0.448 e. The Labute approximate surface area is 90.3 Å². The van der Waals surface area contributed by atoms with E-state index in [9.17, 15) is 0 Å². The Morgan fingerprint density at radius 1 is 1.40 bits per heavy atom. The first-order valence-electron chi connectivity index (χ1n) is 6.07. The van der Waals surface area contributed by atoms with Crippen molar-refractivity contribution < 1.29 is 4.42 Å². The molecule has 1 aromatic rings. The molecule has 1 N–H and O–H groups in total. The molecule has 82 valence electrons. The molecule has 1 aliphatic heterocycles. The first kappa shape index (κ1) is 9.40. The Morgan fingerprint density at radius 2 is 2.33 bits per heavy atom. The second-order valence-corrected chi connectivity index (χ2v) is 4.87. The van der Waals surface area contributed by atoms with Gasteiger partial charge in [-0.05, 0) is 51.1 Å². The fourth-order valence-electron chi connectivity index (χ4n) is 2.33. The third-order valence-electron chi connectivity index (χ3n) is 3.39. The number of oxazole rings is 1. The molecule has 0 amide bonds. The normalized spacial score (nSPS) is 26.8. The Hall–Kier alpha value is -0.830. The molecule has 1 atom stereocenters. The van der Waals surface area contributed by atoms with Gasteiger partial charge in [0.15, 0.2) is 5.89 Å². The van der Waals surface area contributed by atoms with Crippen LogP contribution in [0.4, 0.5) is 0 Å². The molecule has 0 spiro atoms. The SMILES string of the molecule is c1oc(C2CC2)nc1CC1CCCNC1. The molecule has 15 heavy (non-hydrogen) atoms. The Morgan fingerprint density at radius 3 is 3.07 bits per heavy atom. The van der Waals surface area contributed by atoms with Crippen LogP contribution in [0.2, 0.25) is 0 Å². The maximum absolute atomic E-state index is 5.50. The molecule has 3 heteroatoms. The van der Waals surface area contributed by atoms with Crippen LogP contribution in [0, 0.1) is 5.92 Å². The second-order valence-electron chi connectivity index (χ2n) is 4.87. The van der Waals surface area contributed by atoms with E-state index in [0.29, 0.717) is 5.92 Å². The van der Waals surface area contributed by atoms with Crippen LogP contribution >= 0.6 is 0 Å². The zero-order valence-electron chi connectivity index (χ0n) is 9.04. The van der Waals surface area contributed by atoms with Gasteiger partial charge in [0.1, 0.15) is 6.26 Å². The van der Waals surface area contributed by atoms with Gasteiger partial charge in [-0.3, -0.25) is 0 Å². The Balaban J connectivity index is 1.60. The van der Waals surface area contributed by atoms with Crippen LogP contribution in [0.15, 0.2) is 10.7 Å². The van der Waals surface area contributed by atoms with Gasteiger partial charge in [0.2, 0.25) is 0 Å². The van der Waals surface area contributed by atoms with Gasteiger partial charge in [-0.15, -0.1) is 0 Å². The van der Waals surface area contributed by atoms with Crippen LogP contribution in [0.25, 0.3) is 0 Å². The number of hydrogen-bond acceptors (Lipinski definition) is 3. The zero-order chi connectivity index (χ0) is 10.1. The minimum atomic E-state index is 0.642. The smallest absolute Gasteiger partial charge is 0.197 e. The number of rotatable bonds is 3. The Bertz CT molecular complexity index is 324. The van der Waals surface area contributed by atoms with Crippen LogP contribution < -0.4 is 5.32 Å². The standard InChI is InChI=1S/C12H18N2O/c1-2-9(7-13-5-1)6-11-8-15-12(14-11)10-3-4-10/h8-10,13H,1-7H2. The van der Waals surface area contributed by atoms with Crippen molar-refractivity contribution in [2.24, 2.45) is 5.92 Å². The molecule has 1 saturated heterocycles. The van der Waals surface area contributed by atoms with Crippen LogP contribution in [0.1, 0.15) is 43.2 Å². The second kappa shape index (κ2) is 3.97. The molecule has 3 rings (SSSR count). The summed E-state index contributed by atoms with van der Waals surface area (Å²) in [7, 11) is 0. The van der Waals surface area contributed by atoms with Crippen LogP contribution in [-0.2, 0) is 6.42 Å². The fourth-order valence-corrected chi connectivity index (χ4v) is 2.33. The third-order valence-corrected chi connectivity index (χ3v) is 3.39. The topological polar surface area (TPSA) is 38.1 Å². The molecule has 1 saturated carbocycles. The summed E-state index contributed by atoms with van der Waals surface area (Å²) >= 11 is 0. The van der Waals surface area contributed by atoms with E-state index in [1.165, 1.54) is 32.2 Å². The molecule has 0 aromatic carbocycles. The average molecular weight is 206 g/mol. The van der Waals surface area contributed by atoms with Crippen LogP contribution in [0.5, 0.6) is 0 Å². The van der Waals surface area contributed by atoms with Gasteiger partial charge in [0, 0.05) is 5.92 Å². The monoisotopic (exact) mass is 206 g/mol. The molecule has 3 nitrogen and oxygen atoms in total. The maximum Gasteiger partial charge on any atom is 0.197 e. The molecular weight excluding hydrogens is 188 g/mol. The highest BCUT2D eigenvalue weighted by atomic mass is 16.3. The molecule has 1 aromatic heterocycles. The lowest BCUT2D eigenvalue weighted by molar-refractivity contribution is 0.373. The van der Waals surface area contributed by atoms with E-state index in [-0.39, 0.29) is 0 Å². The van der Waals surface area contributed by atoms with Crippen molar-refractivity contribution in [2.45, 2.75) is 38.0 Å². The summed E-state index contributed by atoms with van der Waals surface area (Å²) in [5, 5.41) is 3.44. The van der Waals surface area contributed by atoms with E-state index in [1.54, 1.807) is 0 Å². The van der Waals surface area contributed by atoms with Crippen molar-refractivity contribution in [1.29, 1.82) is 0 Å². The van der Waals surface area contributed by atoms with Gasteiger partial charge in [-0.25, -0.2) is 4.98 Å². The van der Waals surface area contributed by atoms with Gasteiger partial charge in [-0.2, -0.15) is 0 Å². The lowest BCUT2D eigenvalue weighted by atomic mass is 9.95. The number of aromatic nitrogens is 1. The minimum absolute atomic E-state index is 0.642. The van der Waals surface area contributed by atoms with Crippen LogP contribution in [-0.4, -0.2) is 18.1 Å². The molecule has 1 unspecified atom stereocenters. The summed E-state index contributed by atoms with van der Waals surface area (Å²) < 4.78 is 5.50. The fraction of sp³-hybridized carbons (Fsp3) is 0.750. The van der Waals surface area contributed by atoms with Gasteiger partial charge in [0.25, 0.3) is 0 Å². The van der Waals surface area contributed by atoms with E-state index in [0.717, 1.165) is 30.5 Å². The lowest BCUT2D eigenvalue weighted by Gasteiger charge is -2.21. The first-order chi connectivity index (χ1) is 7.42. The van der Waals surface area contributed by atoms with Gasteiger partial charge < -0.3 is 9.73 Å². The van der Waals surface area contributed by atoms with Crippen LogP contribution in [0.3, 0.4) is 0 Å². The minimum Gasteiger partial charge on any atom is -0.448 e. The van der Waals surface area contributed by atoms with E-state index in [1.807, 2.05) is 6.26 Å². The molecule has 1 aliphatic carbocycles. The summed E-state index contributed by atoms with van der Waals surface area (Å²) in [5.41, 5.74) is 1.16. The third kappa shape index (κ3) is 2.23. The van der Waals surface area contributed by atoms with E-state index >= 15 is 0 Å². The molecule has 2 aliphatic rings. The predicted molar refractivity (Wildman–Crippen MR) is 57.8 cm³/mol. The highest BCUT2D eigenvalue weighted by molar-refractivity contribution is 5.06. The number of hydrogen-bond donors (Lipinski definition) is 1. The summed E-state index contributed by atoms with van der Waals surface area (Å²) in [5.74, 6) is 2.38. The van der Waals surface area contributed by atoms with Crippen molar-refractivity contribution in [3.8, 4) is 0 Å². The average Bonchev–Trinajstić information content (AvgIpc) is 3.02. The van der Waals surface area contributed by atoms with Crippen molar-refractivity contribution in [3.63, 3.8) is 0 Å². The Kier molecular flexibility index (Phi) is 2.49. The number of piperidine rings is 1. The zero-order valence-corrected chi connectivity index (χ0v) is 9.04. The van der Waals surface area contributed by atoms with Gasteiger partial charge in [-0.1, -0.05) is 0 Å². The highest BCUT2D eigenvalue weighted by Gasteiger charge is 2.28. The summed E-state index contributed by atoms with van der Waals surface area (Å²) in [4.78, 5) is 4.57. The lowest BCUT2D eigenvalue weighted by Crippen LogP contribution is -2.30. The summed E-state index contributed by atoms with van der Waals surface area (Å²) in [6, 6.07) is 0. The van der Waals surface area contributed by atoms with E-state index in [4.69, 9.17) is 4.42 Å². The summed E-state index contributed by atoms with van der Waals surface area (Å²) in [6.07, 6.45) is 8.12. The highest BCUT2D eigenvalue weighted by Crippen LogP contribution is 2.39. The summed E-state index contributed by atoms with van der Waals surface area (Å²) in [6.45, 7) is 2.33. The van der Waals surface area contributed by atoms with E-state index < -0.39 is 0 Å². The molecular formula is C12H18N2O. The predicted octanol–water partition coefficient (Wildman–Crippen LogP) is 2.09. The number of nitrogens with zero attached hydrogens (tertiary/aromatic N) is 1. The molecule has 0 radical (unpaired) electrons. The van der Waals surface area contributed by atoms with E-state index in [2.05, 4.69) is 10.3 Å². The number of nitrogens with one attached hydrogen (secondary N) is 1. The molecule has 2 heterocycles. The van der Waals surface area contributed by atoms with Crippen molar-refractivity contribution in [2.75, 3.05) is 13.1 Å². The molecule has 0 bridgehead atoms. The van der Waals surface area contributed by atoms with Gasteiger partial charge in [0.05, 0.1) is 5.69 Å². The van der Waals surface area contributed by atoms with Crippen molar-refractivity contribution in [3.05, 3.63) is 17.8 Å². The first-order valence-corrected chi connectivity index (χ1v) is 6.07. The molecule has 2 fully saturated rings. The van der Waals surface area contributed by atoms with Crippen molar-refractivity contribution >= 4 is 0 Å². The van der Waals surface area contributed by atoms with Gasteiger partial charge >= 0.3 is 0 Å². The quantitative estimate of drug-likeness (QED) is 0.823. The maximum atomic E-state index is 5.50.